The normalized spacial score (nSPS) is 11.7. The van der Waals surface area contributed by atoms with E-state index in [0.29, 0.717) is 16.9 Å². The Morgan fingerprint density at radius 2 is 1.29 bits per heavy atom. The van der Waals surface area contributed by atoms with Crippen LogP contribution in [0.1, 0.15) is 5.56 Å². The molecular formula is C25H16F3N3. The molecule has 3 nitrogen and oxygen atoms in total. The van der Waals surface area contributed by atoms with Gasteiger partial charge in [0.1, 0.15) is 0 Å². The molecule has 0 radical (unpaired) electrons. The van der Waals surface area contributed by atoms with Gasteiger partial charge in [-0.05, 0) is 29.3 Å². The molecule has 0 atom stereocenters. The molecule has 6 heteroatoms. The van der Waals surface area contributed by atoms with Crippen molar-refractivity contribution >= 4 is 10.9 Å². The van der Waals surface area contributed by atoms with Crippen LogP contribution in [0.5, 0.6) is 0 Å². The van der Waals surface area contributed by atoms with Gasteiger partial charge < -0.3 is 0 Å². The van der Waals surface area contributed by atoms with Crippen molar-refractivity contribution in [3.63, 3.8) is 0 Å². The highest BCUT2D eigenvalue weighted by Gasteiger charge is 2.32. The summed E-state index contributed by atoms with van der Waals surface area (Å²) >= 11 is 0. The van der Waals surface area contributed by atoms with Crippen LogP contribution in [0.2, 0.25) is 0 Å². The van der Waals surface area contributed by atoms with E-state index < -0.39 is 11.7 Å². The summed E-state index contributed by atoms with van der Waals surface area (Å²) in [5.74, 6) is 0.313. The molecule has 0 bridgehead atoms. The third-order valence-electron chi connectivity index (χ3n) is 5.16. The molecule has 0 saturated carbocycles. The van der Waals surface area contributed by atoms with E-state index in [2.05, 4.69) is 9.97 Å². The Morgan fingerprint density at radius 1 is 0.677 bits per heavy atom. The van der Waals surface area contributed by atoms with E-state index >= 15 is 0 Å². The van der Waals surface area contributed by atoms with Crippen molar-refractivity contribution in [2.45, 2.75) is 6.18 Å². The van der Waals surface area contributed by atoms with E-state index in [-0.39, 0.29) is 0 Å². The molecule has 152 valence electrons. The Morgan fingerprint density at radius 3 is 1.90 bits per heavy atom. The van der Waals surface area contributed by atoms with Gasteiger partial charge in [0.2, 0.25) is 5.95 Å². The second-order valence-corrected chi connectivity index (χ2v) is 7.07. The van der Waals surface area contributed by atoms with Crippen LogP contribution >= 0.6 is 0 Å². The van der Waals surface area contributed by atoms with Gasteiger partial charge in [-0.2, -0.15) is 13.2 Å². The fraction of sp³-hybridized carbons (Fsp3) is 0.0400. The molecule has 0 aliphatic rings. The van der Waals surface area contributed by atoms with Gasteiger partial charge in [-0.3, -0.25) is 4.57 Å². The van der Waals surface area contributed by atoms with Crippen molar-refractivity contribution in [3.8, 4) is 28.3 Å². The molecule has 0 unspecified atom stereocenters. The highest BCUT2D eigenvalue weighted by atomic mass is 19.4. The third kappa shape index (κ3) is 3.36. The third-order valence-corrected chi connectivity index (χ3v) is 5.16. The van der Waals surface area contributed by atoms with Crippen molar-refractivity contribution < 1.29 is 13.2 Å². The number of hydrogen-bond donors (Lipinski definition) is 0. The molecular weight excluding hydrogens is 399 g/mol. The van der Waals surface area contributed by atoms with Crippen molar-refractivity contribution in [1.82, 2.24) is 14.5 Å². The topological polar surface area (TPSA) is 30.7 Å². The molecule has 0 N–H and O–H groups in total. The zero-order chi connectivity index (χ0) is 21.4. The molecule has 31 heavy (non-hydrogen) atoms. The van der Waals surface area contributed by atoms with Gasteiger partial charge in [-0.15, -0.1) is 0 Å². The molecule has 0 saturated heterocycles. The SMILES string of the molecule is FC(F)(F)c1ccc2c(-c3ccccc3)c(-c3ccccc3)n(-c3ncccn3)c2c1. The molecule has 3 aromatic carbocycles. The number of hydrogen-bond acceptors (Lipinski definition) is 2. The molecule has 5 rings (SSSR count). The Hall–Kier alpha value is -3.93. The summed E-state index contributed by atoms with van der Waals surface area (Å²) in [6.45, 7) is 0. The summed E-state index contributed by atoms with van der Waals surface area (Å²) in [5.41, 5.74) is 3.03. The number of halogens is 3. The number of benzene rings is 3. The maximum absolute atomic E-state index is 13.6. The number of alkyl halides is 3. The van der Waals surface area contributed by atoms with Crippen molar-refractivity contribution in [2.24, 2.45) is 0 Å². The van der Waals surface area contributed by atoms with Crippen LogP contribution in [0.4, 0.5) is 13.2 Å². The van der Waals surface area contributed by atoms with E-state index in [9.17, 15) is 13.2 Å². The van der Waals surface area contributed by atoms with Crippen LogP contribution in [0.25, 0.3) is 39.2 Å². The van der Waals surface area contributed by atoms with Crippen LogP contribution in [0, 0.1) is 0 Å². The fourth-order valence-electron chi connectivity index (χ4n) is 3.85. The monoisotopic (exact) mass is 415 g/mol. The molecule has 0 amide bonds. The van der Waals surface area contributed by atoms with Crippen LogP contribution in [-0.4, -0.2) is 14.5 Å². The minimum atomic E-state index is -4.46. The first kappa shape index (κ1) is 19.1. The minimum absolute atomic E-state index is 0.313. The fourth-order valence-corrected chi connectivity index (χ4v) is 3.85. The summed E-state index contributed by atoms with van der Waals surface area (Å²) in [6, 6.07) is 24.7. The molecule has 0 aliphatic heterocycles. The maximum atomic E-state index is 13.6. The van der Waals surface area contributed by atoms with Crippen LogP contribution in [0.15, 0.2) is 97.3 Å². The molecule has 0 fully saturated rings. The largest absolute Gasteiger partial charge is 0.416 e. The number of fused-ring (bicyclic) bond motifs is 1. The molecule has 2 heterocycles. The predicted molar refractivity (Wildman–Crippen MR) is 115 cm³/mol. The summed E-state index contributed by atoms with van der Waals surface area (Å²) in [7, 11) is 0. The zero-order valence-corrected chi connectivity index (χ0v) is 16.2. The number of aromatic nitrogens is 3. The van der Waals surface area contributed by atoms with E-state index in [4.69, 9.17) is 0 Å². The van der Waals surface area contributed by atoms with E-state index in [1.165, 1.54) is 12.1 Å². The van der Waals surface area contributed by atoms with Crippen LogP contribution in [0.3, 0.4) is 0 Å². The first-order valence-corrected chi connectivity index (χ1v) is 9.68. The first-order valence-electron chi connectivity index (χ1n) is 9.68. The first-order chi connectivity index (χ1) is 15.0. The average molecular weight is 415 g/mol. The second-order valence-electron chi connectivity index (χ2n) is 7.07. The van der Waals surface area contributed by atoms with Gasteiger partial charge in [0.25, 0.3) is 0 Å². The average Bonchev–Trinajstić information content (AvgIpc) is 3.15. The minimum Gasteiger partial charge on any atom is -0.277 e. The van der Waals surface area contributed by atoms with Crippen molar-refractivity contribution in [1.29, 1.82) is 0 Å². The van der Waals surface area contributed by atoms with Crippen molar-refractivity contribution in [3.05, 3.63) is 103 Å². The lowest BCUT2D eigenvalue weighted by Crippen LogP contribution is -2.06. The van der Waals surface area contributed by atoms with Gasteiger partial charge >= 0.3 is 6.18 Å². The van der Waals surface area contributed by atoms with E-state index in [1.807, 2.05) is 60.7 Å². The van der Waals surface area contributed by atoms with E-state index in [0.717, 1.165) is 28.5 Å². The molecule has 0 spiro atoms. The highest BCUT2D eigenvalue weighted by molar-refractivity contribution is 6.05. The lowest BCUT2D eigenvalue weighted by molar-refractivity contribution is -0.137. The second kappa shape index (κ2) is 7.40. The quantitative estimate of drug-likeness (QED) is 0.325. The molecule has 2 aromatic heterocycles. The van der Waals surface area contributed by atoms with Crippen LogP contribution in [-0.2, 0) is 6.18 Å². The Labute approximate surface area is 176 Å². The lowest BCUT2D eigenvalue weighted by atomic mass is 9.98. The number of nitrogens with zero attached hydrogens (tertiary/aromatic N) is 3. The zero-order valence-electron chi connectivity index (χ0n) is 16.2. The van der Waals surface area contributed by atoms with Crippen molar-refractivity contribution in [2.75, 3.05) is 0 Å². The standard InChI is InChI=1S/C25H16F3N3/c26-25(27,28)19-12-13-20-21(16-19)31(24-29-14-7-15-30-24)23(18-10-5-2-6-11-18)22(20)17-8-3-1-4-9-17/h1-16H. The number of rotatable bonds is 3. The Kier molecular flexibility index (Phi) is 4.55. The summed E-state index contributed by atoms with van der Waals surface area (Å²) in [4.78, 5) is 8.71. The summed E-state index contributed by atoms with van der Waals surface area (Å²) in [5, 5.41) is 0.700. The van der Waals surface area contributed by atoms with Gasteiger partial charge in [0.15, 0.2) is 0 Å². The highest BCUT2D eigenvalue weighted by Crippen LogP contribution is 2.43. The van der Waals surface area contributed by atoms with Gasteiger partial charge in [-0.25, -0.2) is 9.97 Å². The lowest BCUT2D eigenvalue weighted by Gasteiger charge is -2.12. The smallest absolute Gasteiger partial charge is 0.277 e. The van der Waals surface area contributed by atoms with Gasteiger partial charge in [0, 0.05) is 23.3 Å². The predicted octanol–water partition coefficient (Wildman–Crippen LogP) is 6.77. The van der Waals surface area contributed by atoms with Gasteiger partial charge in [0.05, 0.1) is 16.8 Å². The molecule has 0 aliphatic carbocycles. The Balaban J connectivity index is 1.97. The Bertz CT molecular complexity index is 1340. The summed E-state index contributed by atoms with van der Waals surface area (Å²) < 4.78 is 42.4. The summed E-state index contributed by atoms with van der Waals surface area (Å²) in [6.07, 6.45) is -1.29. The molecule has 5 aromatic rings. The van der Waals surface area contributed by atoms with Crippen LogP contribution < -0.4 is 0 Å². The van der Waals surface area contributed by atoms with Gasteiger partial charge in [-0.1, -0.05) is 66.7 Å². The maximum Gasteiger partial charge on any atom is 0.416 e. The van der Waals surface area contributed by atoms with E-state index in [1.54, 1.807) is 23.0 Å².